The normalized spacial score (nSPS) is 26.3. The molecule has 78 valence electrons. The van der Waals surface area contributed by atoms with E-state index in [0.717, 1.165) is 0 Å². The number of likely N-dealkylation sites (N-methyl/N-ethyl adjacent to an activating group) is 1. The van der Waals surface area contributed by atoms with Crippen LogP contribution in [-0.2, 0) is 0 Å². The second-order valence-corrected chi connectivity index (χ2v) is 5.15. The van der Waals surface area contributed by atoms with Gasteiger partial charge in [-0.25, -0.2) is 0 Å². The highest BCUT2D eigenvalue weighted by atomic mass is 15.3. The molecule has 0 aromatic rings. The van der Waals surface area contributed by atoms with Crippen LogP contribution < -0.4 is 0 Å². The first-order chi connectivity index (χ1) is 5.93. The molecule has 0 saturated carbocycles. The highest BCUT2D eigenvalue weighted by Gasteiger charge is 2.30. The molecule has 0 aromatic carbocycles. The van der Waals surface area contributed by atoms with E-state index in [2.05, 4.69) is 44.5 Å². The van der Waals surface area contributed by atoms with Crippen molar-refractivity contribution in [3.63, 3.8) is 0 Å². The number of hydrogen-bond acceptors (Lipinski definition) is 2. The van der Waals surface area contributed by atoms with Crippen LogP contribution in [0.2, 0.25) is 0 Å². The van der Waals surface area contributed by atoms with Gasteiger partial charge in [0.15, 0.2) is 0 Å². The van der Waals surface area contributed by atoms with E-state index >= 15 is 0 Å². The van der Waals surface area contributed by atoms with Gasteiger partial charge in [-0.2, -0.15) is 0 Å². The maximum absolute atomic E-state index is 2.62. The van der Waals surface area contributed by atoms with Gasteiger partial charge in [0.25, 0.3) is 0 Å². The van der Waals surface area contributed by atoms with Crippen molar-refractivity contribution in [2.45, 2.75) is 45.7 Å². The predicted octanol–water partition coefficient (Wildman–Crippen LogP) is 1.81. The monoisotopic (exact) mass is 184 g/mol. The van der Waals surface area contributed by atoms with Crippen molar-refractivity contribution in [1.82, 2.24) is 9.80 Å². The molecule has 13 heavy (non-hydrogen) atoms. The molecule has 0 unspecified atom stereocenters. The van der Waals surface area contributed by atoms with Gasteiger partial charge in [-0.1, -0.05) is 0 Å². The largest absolute Gasteiger partial charge is 0.305 e. The highest BCUT2D eigenvalue weighted by Crippen LogP contribution is 2.23. The third kappa shape index (κ3) is 2.68. The first kappa shape index (κ1) is 11.0. The third-order valence-corrected chi connectivity index (χ3v) is 3.23. The fourth-order valence-electron chi connectivity index (χ4n) is 2.26. The van der Waals surface area contributed by atoms with Crippen molar-refractivity contribution in [3.8, 4) is 0 Å². The van der Waals surface area contributed by atoms with Gasteiger partial charge in [0.2, 0.25) is 0 Å². The van der Waals surface area contributed by atoms with Crippen molar-refractivity contribution in [2.75, 3.05) is 26.7 Å². The molecular formula is C11H24N2. The number of rotatable bonds is 1. The summed E-state index contributed by atoms with van der Waals surface area (Å²) < 4.78 is 0. The van der Waals surface area contributed by atoms with Gasteiger partial charge in [-0.15, -0.1) is 0 Å². The Hall–Kier alpha value is -0.0800. The Kier molecular flexibility index (Phi) is 3.36. The van der Waals surface area contributed by atoms with Crippen molar-refractivity contribution in [1.29, 1.82) is 0 Å². The summed E-state index contributed by atoms with van der Waals surface area (Å²) >= 11 is 0. The SMILES string of the molecule is CC(C)N1CCN(C)CCC1(C)C. The zero-order valence-electron chi connectivity index (χ0n) is 9.80. The predicted molar refractivity (Wildman–Crippen MR) is 58.0 cm³/mol. The Morgan fingerprint density at radius 3 is 2.23 bits per heavy atom. The number of nitrogens with zero attached hydrogens (tertiary/aromatic N) is 2. The van der Waals surface area contributed by atoms with Crippen LogP contribution in [0.1, 0.15) is 34.1 Å². The Morgan fingerprint density at radius 1 is 1.08 bits per heavy atom. The minimum Gasteiger partial charge on any atom is -0.305 e. The van der Waals surface area contributed by atoms with E-state index in [4.69, 9.17) is 0 Å². The van der Waals surface area contributed by atoms with Gasteiger partial charge in [0.1, 0.15) is 0 Å². The molecule has 0 radical (unpaired) electrons. The molecule has 0 bridgehead atoms. The van der Waals surface area contributed by atoms with Gasteiger partial charge in [0, 0.05) is 24.7 Å². The average Bonchev–Trinajstić information content (AvgIpc) is 2.11. The molecule has 1 saturated heterocycles. The third-order valence-electron chi connectivity index (χ3n) is 3.23. The summed E-state index contributed by atoms with van der Waals surface area (Å²) in [5, 5.41) is 0. The van der Waals surface area contributed by atoms with Crippen LogP contribution in [-0.4, -0.2) is 48.1 Å². The molecule has 2 heteroatoms. The smallest absolute Gasteiger partial charge is 0.0168 e. The summed E-state index contributed by atoms with van der Waals surface area (Å²) in [5.41, 5.74) is 0.374. The lowest BCUT2D eigenvalue weighted by Gasteiger charge is -2.39. The molecule has 0 aromatic heterocycles. The first-order valence-corrected chi connectivity index (χ1v) is 5.39. The van der Waals surface area contributed by atoms with Crippen molar-refractivity contribution in [3.05, 3.63) is 0 Å². The molecule has 1 rings (SSSR count). The van der Waals surface area contributed by atoms with Gasteiger partial charge >= 0.3 is 0 Å². The summed E-state index contributed by atoms with van der Waals surface area (Å²) in [7, 11) is 2.22. The summed E-state index contributed by atoms with van der Waals surface area (Å²) in [6.07, 6.45) is 1.28. The molecule has 0 spiro atoms. The van der Waals surface area contributed by atoms with Crippen molar-refractivity contribution >= 4 is 0 Å². The average molecular weight is 184 g/mol. The van der Waals surface area contributed by atoms with E-state index < -0.39 is 0 Å². The van der Waals surface area contributed by atoms with E-state index in [1.54, 1.807) is 0 Å². The van der Waals surface area contributed by atoms with Crippen molar-refractivity contribution < 1.29 is 0 Å². The molecule has 0 atom stereocenters. The molecule has 0 N–H and O–H groups in total. The lowest BCUT2D eigenvalue weighted by Crippen LogP contribution is -2.48. The molecule has 1 aliphatic heterocycles. The van der Waals surface area contributed by atoms with Crippen LogP contribution in [0.4, 0.5) is 0 Å². The zero-order chi connectivity index (χ0) is 10.1. The molecule has 0 aliphatic carbocycles. The van der Waals surface area contributed by atoms with Crippen LogP contribution in [0.5, 0.6) is 0 Å². The Balaban J connectivity index is 2.68. The van der Waals surface area contributed by atoms with Crippen LogP contribution >= 0.6 is 0 Å². The van der Waals surface area contributed by atoms with E-state index in [1.165, 1.54) is 26.1 Å². The summed E-state index contributed by atoms with van der Waals surface area (Å²) in [5.74, 6) is 0. The molecular weight excluding hydrogens is 160 g/mol. The van der Waals surface area contributed by atoms with E-state index in [-0.39, 0.29) is 0 Å². The lowest BCUT2D eigenvalue weighted by atomic mass is 9.97. The zero-order valence-corrected chi connectivity index (χ0v) is 9.80. The standard InChI is InChI=1S/C11H24N2/c1-10(2)13-9-8-12(5)7-6-11(13,3)4/h10H,6-9H2,1-5H3. The Labute approximate surface area is 82.9 Å². The van der Waals surface area contributed by atoms with Gasteiger partial charge < -0.3 is 4.90 Å². The Morgan fingerprint density at radius 2 is 1.69 bits per heavy atom. The van der Waals surface area contributed by atoms with Crippen LogP contribution in [0, 0.1) is 0 Å². The quantitative estimate of drug-likeness (QED) is 0.613. The summed E-state index contributed by atoms with van der Waals surface area (Å²) in [4.78, 5) is 5.06. The van der Waals surface area contributed by atoms with Crippen LogP contribution in [0.15, 0.2) is 0 Å². The highest BCUT2D eigenvalue weighted by molar-refractivity contribution is 4.87. The maximum Gasteiger partial charge on any atom is 0.0168 e. The summed E-state index contributed by atoms with van der Waals surface area (Å²) in [6.45, 7) is 13.0. The van der Waals surface area contributed by atoms with Crippen LogP contribution in [0.3, 0.4) is 0 Å². The van der Waals surface area contributed by atoms with Gasteiger partial charge in [-0.3, -0.25) is 4.90 Å². The van der Waals surface area contributed by atoms with Gasteiger partial charge in [-0.05, 0) is 47.7 Å². The molecule has 1 heterocycles. The lowest BCUT2D eigenvalue weighted by molar-refractivity contribution is 0.0922. The second-order valence-electron chi connectivity index (χ2n) is 5.15. The van der Waals surface area contributed by atoms with Crippen LogP contribution in [0.25, 0.3) is 0 Å². The molecule has 2 nitrogen and oxygen atoms in total. The fraction of sp³-hybridized carbons (Fsp3) is 1.00. The van der Waals surface area contributed by atoms with E-state index in [0.29, 0.717) is 11.6 Å². The van der Waals surface area contributed by atoms with Gasteiger partial charge in [0.05, 0.1) is 0 Å². The van der Waals surface area contributed by atoms with E-state index in [1.807, 2.05) is 0 Å². The maximum atomic E-state index is 2.62. The summed E-state index contributed by atoms with van der Waals surface area (Å²) in [6, 6.07) is 0.668. The topological polar surface area (TPSA) is 6.48 Å². The minimum absolute atomic E-state index is 0.374. The van der Waals surface area contributed by atoms with Crippen molar-refractivity contribution in [2.24, 2.45) is 0 Å². The van der Waals surface area contributed by atoms with E-state index in [9.17, 15) is 0 Å². The fourth-order valence-corrected chi connectivity index (χ4v) is 2.26. The second kappa shape index (κ2) is 3.97. The molecule has 1 aliphatic rings. The number of hydrogen-bond donors (Lipinski definition) is 0. The Bertz CT molecular complexity index is 163. The molecule has 0 amide bonds. The molecule has 1 fully saturated rings. The first-order valence-electron chi connectivity index (χ1n) is 5.39. The minimum atomic E-state index is 0.374.